The van der Waals surface area contributed by atoms with E-state index in [-0.39, 0.29) is 11.4 Å². The third-order valence-corrected chi connectivity index (χ3v) is 4.18. The maximum absolute atomic E-state index is 12.1. The van der Waals surface area contributed by atoms with E-state index >= 15 is 0 Å². The van der Waals surface area contributed by atoms with Crippen LogP contribution in [0.2, 0.25) is 0 Å². The van der Waals surface area contributed by atoms with E-state index in [0.717, 1.165) is 0 Å². The van der Waals surface area contributed by atoms with Crippen molar-refractivity contribution in [1.82, 2.24) is 20.2 Å². The summed E-state index contributed by atoms with van der Waals surface area (Å²) in [5.41, 5.74) is 0. The second-order valence-electron chi connectivity index (χ2n) is 4.16. The van der Waals surface area contributed by atoms with Gasteiger partial charge in [-0.3, -0.25) is 0 Å². The van der Waals surface area contributed by atoms with E-state index in [1.807, 2.05) is 0 Å². The molecule has 0 aromatic carbocycles. The summed E-state index contributed by atoms with van der Waals surface area (Å²) in [5, 5.41) is 6.51. The van der Waals surface area contributed by atoms with Crippen molar-refractivity contribution in [3.63, 3.8) is 0 Å². The Morgan fingerprint density at radius 1 is 1.40 bits per heavy atom. The van der Waals surface area contributed by atoms with E-state index < -0.39 is 10.0 Å². The Hall–Kier alpha value is -1.71. The van der Waals surface area contributed by atoms with E-state index in [9.17, 15) is 8.42 Å². The van der Waals surface area contributed by atoms with Gasteiger partial charge in [-0.1, -0.05) is 5.16 Å². The SMILES string of the molecule is CNCc1cc(S(=O)(=O)NCCc2ncon2)c(C)o1. The molecule has 2 aromatic rings. The predicted molar refractivity (Wildman–Crippen MR) is 69.4 cm³/mol. The lowest BCUT2D eigenvalue weighted by Crippen LogP contribution is -2.26. The van der Waals surface area contributed by atoms with Crippen molar-refractivity contribution in [2.45, 2.75) is 24.8 Å². The van der Waals surface area contributed by atoms with Crippen LogP contribution in [-0.2, 0) is 23.0 Å². The summed E-state index contributed by atoms with van der Waals surface area (Å²) < 4.78 is 36.7. The van der Waals surface area contributed by atoms with Crippen molar-refractivity contribution in [3.05, 3.63) is 29.8 Å². The maximum Gasteiger partial charge on any atom is 0.244 e. The molecule has 110 valence electrons. The molecule has 0 fully saturated rings. The zero-order valence-corrected chi connectivity index (χ0v) is 12.0. The Bertz CT molecular complexity index is 648. The lowest BCUT2D eigenvalue weighted by atomic mass is 10.4. The maximum atomic E-state index is 12.1. The number of aryl methyl sites for hydroxylation is 1. The number of rotatable bonds is 7. The van der Waals surface area contributed by atoms with Gasteiger partial charge >= 0.3 is 0 Å². The Kier molecular flexibility index (Phi) is 4.53. The second kappa shape index (κ2) is 6.16. The molecule has 20 heavy (non-hydrogen) atoms. The smallest absolute Gasteiger partial charge is 0.244 e. The molecule has 0 bridgehead atoms. The molecule has 0 spiro atoms. The van der Waals surface area contributed by atoms with Gasteiger partial charge in [-0.2, -0.15) is 4.98 Å². The number of hydrogen-bond donors (Lipinski definition) is 2. The van der Waals surface area contributed by atoms with Crippen LogP contribution in [0.4, 0.5) is 0 Å². The fourth-order valence-electron chi connectivity index (χ4n) is 1.73. The molecule has 0 aliphatic rings. The number of nitrogens with zero attached hydrogens (tertiary/aromatic N) is 2. The Morgan fingerprint density at radius 3 is 2.85 bits per heavy atom. The van der Waals surface area contributed by atoms with Crippen LogP contribution in [0.3, 0.4) is 0 Å². The normalized spacial score (nSPS) is 11.9. The largest absolute Gasteiger partial charge is 0.464 e. The van der Waals surface area contributed by atoms with Crippen LogP contribution in [0.15, 0.2) is 26.3 Å². The zero-order chi connectivity index (χ0) is 14.6. The summed E-state index contributed by atoms with van der Waals surface area (Å²) in [7, 11) is -1.84. The van der Waals surface area contributed by atoms with Crippen LogP contribution in [0.1, 0.15) is 17.3 Å². The highest BCUT2D eigenvalue weighted by Crippen LogP contribution is 2.19. The second-order valence-corrected chi connectivity index (χ2v) is 5.89. The van der Waals surface area contributed by atoms with Gasteiger partial charge < -0.3 is 14.3 Å². The molecule has 2 rings (SSSR count). The Balaban J connectivity index is 2.02. The van der Waals surface area contributed by atoms with Crippen LogP contribution >= 0.6 is 0 Å². The lowest BCUT2D eigenvalue weighted by molar-refractivity contribution is 0.409. The van der Waals surface area contributed by atoms with E-state index in [1.54, 1.807) is 14.0 Å². The molecule has 8 nitrogen and oxygen atoms in total. The fraction of sp³-hybridized carbons (Fsp3) is 0.455. The first-order chi connectivity index (χ1) is 9.53. The van der Waals surface area contributed by atoms with Crippen molar-refractivity contribution in [2.24, 2.45) is 0 Å². The number of nitrogens with one attached hydrogen (secondary N) is 2. The Morgan fingerprint density at radius 2 is 2.20 bits per heavy atom. The average molecular weight is 300 g/mol. The van der Waals surface area contributed by atoms with Crippen molar-refractivity contribution in [1.29, 1.82) is 0 Å². The third-order valence-electron chi connectivity index (χ3n) is 2.61. The summed E-state index contributed by atoms with van der Waals surface area (Å²) in [4.78, 5) is 3.96. The molecule has 0 aliphatic heterocycles. The van der Waals surface area contributed by atoms with E-state index in [4.69, 9.17) is 4.42 Å². The number of sulfonamides is 1. The molecular weight excluding hydrogens is 284 g/mol. The predicted octanol–water partition coefficient (Wildman–Crippen LogP) is 0.211. The molecule has 2 N–H and O–H groups in total. The first-order valence-electron chi connectivity index (χ1n) is 6.02. The van der Waals surface area contributed by atoms with Gasteiger partial charge in [0.1, 0.15) is 16.4 Å². The van der Waals surface area contributed by atoms with Crippen molar-refractivity contribution < 1.29 is 17.4 Å². The summed E-state index contributed by atoms with van der Waals surface area (Å²) in [6.45, 7) is 2.28. The van der Waals surface area contributed by atoms with Gasteiger partial charge in [-0.25, -0.2) is 13.1 Å². The van der Waals surface area contributed by atoms with E-state index in [1.165, 1.54) is 12.5 Å². The molecule has 0 radical (unpaired) electrons. The minimum Gasteiger partial charge on any atom is -0.464 e. The summed E-state index contributed by atoms with van der Waals surface area (Å²) in [6, 6.07) is 1.52. The summed E-state index contributed by atoms with van der Waals surface area (Å²) in [6.07, 6.45) is 1.56. The number of hydrogen-bond acceptors (Lipinski definition) is 7. The Labute approximate surface area is 116 Å². The molecule has 0 saturated carbocycles. The highest BCUT2D eigenvalue weighted by atomic mass is 32.2. The number of aromatic nitrogens is 2. The number of furan rings is 1. The van der Waals surface area contributed by atoms with Crippen LogP contribution in [0.25, 0.3) is 0 Å². The van der Waals surface area contributed by atoms with Gasteiger partial charge in [0, 0.05) is 19.0 Å². The van der Waals surface area contributed by atoms with Crippen LogP contribution in [0.5, 0.6) is 0 Å². The fourth-order valence-corrected chi connectivity index (χ4v) is 2.96. The van der Waals surface area contributed by atoms with Crippen LogP contribution in [0, 0.1) is 6.92 Å². The zero-order valence-electron chi connectivity index (χ0n) is 11.2. The van der Waals surface area contributed by atoms with Crippen molar-refractivity contribution in [3.8, 4) is 0 Å². The van der Waals surface area contributed by atoms with Gasteiger partial charge in [-0.15, -0.1) is 0 Å². The van der Waals surface area contributed by atoms with E-state index in [0.29, 0.717) is 30.3 Å². The molecule has 9 heteroatoms. The minimum atomic E-state index is -3.60. The molecule has 0 aliphatic carbocycles. The minimum absolute atomic E-state index is 0.149. The molecule has 0 unspecified atom stereocenters. The third kappa shape index (κ3) is 3.44. The monoisotopic (exact) mass is 300 g/mol. The standard InChI is InChI=1S/C11H16N4O4S/c1-8-10(5-9(19-8)6-12-2)20(16,17)14-4-3-11-13-7-18-15-11/h5,7,12,14H,3-4,6H2,1-2H3. The van der Waals surface area contributed by atoms with Gasteiger partial charge in [0.05, 0.1) is 6.54 Å². The van der Waals surface area contributed by atoms with Crippen molar-refractivity contribution in [2.75, 3.05) is 13.6 Å². The quantitative estimate of drug-likeness (QED) is 0.752. The first kappa shape index (κ1) is 14.7. The highest BCUT2D eigenvalue weighted by molar-refractivity contribution is 7.89. The van der Waals surface area contributed by atoms with E-state index in [2.05, 4.69) is 24.7 Å². The topological polar surface area (TPSA) is 110 Å². The first-order valence-corrected chi connectivity index (χ1v) is 7.50. The van der Waals surface area contributed by atoms with Gasteiger partial charge in [0.15, 0.2) is 5.82 Å². The molecule has 0 atom stereocenters. The molecule has 2 aromatic heterocycles. The van der Waals surface area contributed by atoms with Crippen molar-refractivity contribution >= 4 is 10.0 Å². The van der Waals surface area contributed by atoms with Crippen LogP contribution in [-0.4, -0.2) is 32.2 Å². The van der Waals surface area contributed by atoms with Crippen LogP contribution < -0.4 is 10.0 Å². The van der Waals surface area contributed by atoms with Gasteiger partial charge in [-0.05, 0) is 14.0 Å². The average Bonchev–Trinajstić information content (AvgIpc) is 2.99. The summed E-state index contributed by atoms with van der Waals surface area (Å²) >= 11 is 0. The molecular formula is C11H16N4O4S. The highest BCUT2D eigenvalue weighted by Gasteiger charge is 2.21. The molecule has 0 amide bonds. The van der Waals surface area contributed by atoms with Gasteiger partial charge in [0.2, 0.25) is 16.4 Å². The molecule has 2 heterocycles. The van der Waals surface area contributed by atoms with Gasteiger partial charge in [0.25, 0.3) is 0 Å². The molecule has 0 saturated heterocycles. The summed E-state index contributed by atoms with van der Waals surface area (Å²) in [5.74, 6) is 1.39. The lowest BCUT2D eigenvalue weighted by Gasteiger charge is -2.03.